The van der Waals surface area contributed by atoms with Gasteiger partial charge < -0.3 is 14.6 Å². The Hall–Kier alpha value is -3.26. The molecule has 1 amide bonds. The second-order valence-corrected chi connectivity index (χ2v) is 7.42. The number of carbonyl (C=O) groups is 2. The first-order chi connectivity index (χ1) is 14.5. The summed E-state index contributed by atoms with van der Waals surface area (Å²) in [4.78, 5) is 30.4. The molecule has 0 aliphatic carbocycles. The van der Waals surface area contributed by atoms with Gasteiger partial charge in [0.2, 0.25) is 0 Å². The smallest absolute Gasteiger partial charge is 0.341 e. The fourth-order valence-electron chi connectivity index (χ4n) is 2.74. The molecular weight excluding hydrogens is 404 g/mol. The third-order valence-corrected chi connectivity index (χ3v) is 5.18. The molecule has 1 fully saturated rings. The fourth-order valence-corrected chi connectivity index (χ4v) is 3.76. The first kappa shape index (κ1) is 21.4. The molecule has 0 atom stereocenters. The highest BCUT2D eigenvalue weighted by Gasteiger charge is 2.32. The molecular formula is C22H22N2O5S. The number of aliphatic carboxylic acids is 1. The number of thioether (sulfide) groups is 1. The predicted octanol–water partition coefficient (Wildman–Crippen LogP) is 4.17. The van der Waals surface area contributed by atoms with E-state index in [1.807, 2.05) is 31.2 Å². The lowest BCUT2D eigenvalue weighted by Crippen LogP contribution is -2.29. The Morgan fingerprint density at radius 1 is 1.13 bits per heavy atom. The molecule has 156 valence electrons. The van der Waals surface area contributed by atoms with Crippen molar-refractivity contribution in [3.8, 4) is 11.5 Å². The maximum Gasteiger partial charge on any atom is 0.341 e. The number of aliphatic imine (C=N–C) groups is 1. The second-order valence-electron chi connectivity index (χ2n) is 6.41. The topological polar surface area (TPSA) is 88.4 Å². The van der Waals surface area contributed by atoms with Gasteiger partial charge in [-0.1, -0.05) is 19.1 Å². The Morgan fingerprint density at radius 3 is 2.40 bits per heavy atom. The SMILES string of the molecule is CCCN1C(=O)C(=Cc2ccc(OCC(=O)O)cc2)SC1=Nc1ccc(OC)cc1. The Labute approximate surface area is 179 Å². The summed E-state index contributed by atoms with van der Waals surface area (Å²) in [7, 11) is 1.61. The summed E-state index contributed by atoms with van der Waals surface area (Å²) in [5, 5.41) is 9.32. The van der Waals surface area contributed by atoms with Crippen LogP contribution in [-0.2, 0) is 9.59 Å². The van der Waals surface area contributed by atoms with E-state index in [0.717, 1.165) is 23.4 Å². The summed E-state index contributed by atoms with van der Waals surface area (Å²) in [6, 6.07) is 14.3. The van der Waals surface area contributed by atoms with Crippen LogP contribution in [0.2, 0.25) is 0 Å². The molecule has 0 bridgehead atoms. The normalized spacial score (nSPS) is 16.3. The molecule has 7 nitrogen and oxygen atoms in total. The number of amides is 1. The van der Waals surface area contributed by atoms with Gasteiger partial charge in [-0.05, 0) is 66.2 Å². The Bertz CT molecular complexity index is 968. The van der Waals surface area contributed by atoms with Crippen LogP contribution in [0.3, 0.4) is 0 Å². The van der Waals surface area contributed by atoms with Crippen LogP contribution in [0.4, 0.5) is 5.69 Å². The highest BCUT2D eigenvalue weighted by atomic mass is 32.2. The maximum absolute atomic E-state index is 12.9. The zero-order valence-electron chi connectivity index (χ0n) is 16.7. The summed E-state index contributed by atoms with van der Waals surface area (Å²) in [6.07, 6.45) is 2.62. The molecule has 2 aromatic carbocycles. The van der Waals surface area contributed by atoms with E-state index in [1.165, 1.54) is 11.8 Å². The van der Waals surface area contributed by atoms with Crippen molar-refractivity contribution in [3.63, 3.8) is 0 Å². The molecule has 1 aliphatic heterocycles. The zero-order chi connectivity index (χ0) is 21.5. The molecule has 30 heavy (non-hydrogen) atoms. The number of amidine groups is 1. The maximum atomic E-state index is 12.9. The summed E-state index contributed by atoms with van der Waals surface area (Å²) in [6.45, 7) is 2.20. The van der Waals surface area contributed by atoms with Crippen molar-refractivity contribution in [1.29, 1.82) is 0 Å². The average Bonchev–Trinajstić information content (AvgIpc) is 3.03. The van der Waals surface area contributed by atoms with Gasteiger partial charge in [0.25, 0.3) is 5.91 Å². The lowest BCUT2D eigenvalue weighted by atomic mass is 10.2. The summed E-state index contributed by atoms with van der Waals surface area (Å²) in [5.74, 6) is 0.0874. The first-order valence-electron chi connectivity index (χ1n) is 9.39. The quantitative estimate of drug-likeness (QED) is 0.638. The number of carbonyl (C=O) groups excluding carboxylic acids is 1. The van der Waals surface area contributed by atoms with Crippen LogP contribution in [-0.4, -0.2) is 47.3 Å². The van der Waals surface area contributed by atoms with Crippen LogP contribution in [0, 0.1) is 0 Å². The zero-order valence-corrected chi connectivity index (χ0v) is 17.5. The molecule has 0 aromatic heterocycles. The average molecular weight is 426 g/mol. The molecule has 8 heteroatoms. The first-order valence-corrected chi connectivity index (χ1v) is 10.2. The number of hydrogen-bond acceptors (Lipinski definition) is 6. The van der Waals surface area contributed by atoms with Crippen LogP contribution in [0.25, 0.3) is 6.08 Å². The van der Waals surface area contributed by atoms with E-state index in [4.69, 9.17) is 14.6 Å². The molecule has 3 rings (SSSR count). The molecule has 0 saturated carbocycles. The third kappa shape index (κ3) is 5.42. The largest absolute Gasteiger partial charge is 0.497 e. The van der Waals surface area contributed by atoms with Gasteiger partial charge in [0, 0.05) is 6.54 Å². The van der Waals surface area contributed by atoms with Crippen molar-refractivity contribution >= 4 is 40.6 Å². The van der Waals surface area contributed by atoms with Crippen LogP contribution < -0.4 is 9.47 Å². The van der Waals surface area contributed by atoms with Crippen LogP contribution >= 0.6 is 11.8 Å². The van der Waals surface area contributed by atoms with Crippen molar-refractivity contribution in [3.05, 3.63) is 59.0 Å². The van der Waals surface area contributed by atoms with Crippen molar-refractivity contribution in [2.24, 2.45) is 4.99 Å². The molecule has 0 radical (unpaired) electrons. The molecule has 2 aromatic rings. The summed E-state index contributed by atoms with van der Waals surface area (Å²) >= 11 is 1.33. The number of carboxylic acid groups (broad SMARTS) is 1. The van der Waals surface area contributed by atoms with E-state index >= 15 is 0 Å². The Balaban J connectivity index is 1.80. The monoisotopic (exact) mass is 426 g/mol. The minimum absolute atomic E-state index is 0.0830. The number of nitrogens with zero attached hydrogens (tertiary/aromatic N) is 2. The Kier molecular flexibility index (Phi) is 7.13. The van der Waals surface area contributed by atoms with Gasteiger partial charge in [-0.2, -0.15) is 0 Å². The molecule has 1 N–H and O–H groups in total. The number of hydrogen-bond donors (Lipinski definition) is 1. The number of methoxy groups -OCH3 is 1. The Morgan fingerprint density at radius 2 is 1.80 bits per heavy atom. The lowest BCUT2D eigenvalue weighted by molar-refractivity contribution is -0.139. The highest BCUT2D eigenvalue weighted by Crippen LogP contribution is 2.34. The van der Waals surface area contributed by atoms with Gasteiger partial charge in [0.1, 0.15) is 11.5 Å². The minimum Gasteiger partial charge on any atom is -0.497 e. The van der Waals surface area contributed by atoms with E-state index in [1.54, 1.807) is 42.4 Å². The molecule has 1 heterocycles. The number of ether oxygens (including phenoxy) is 2. The summed E-state index contributed by atoms with van der Waals surface area (Å²) < 4.78 is 10.3. The molecule has 0 spiro atoms. The third-order valence-electron chi connectivity index (χ3n) is 4.17. The van der Waals surface area contributed by atoms with E-state index in [2.05, 4.69) is 4.99 Å². The van der Waals surface area contributed by atoms with Crippen LogP contribution in [0.15, 0.2) is 58.4 Å². The van der Waals surface area contributed by atoms with Gasteiger partial charge in [-0.3, -0.25) is 9.69 Å². The standard InChI is InChI=1S/C22H22N2O5S/c1-3-12-24-21(27)19(13-15-4-8-18(9-5-15)29-14-20(25)26)30-22(24)23-16-6-10-17(28-2)11-7-16/h4-11,13H,3,12,14H2,1-2H3,(H,25,26). The molecule has 0 unspecified atom stereocenters. The van der Waals surface area contributed by atoms with Gasteiger partial charge in [-0.25, -0.2) is 9.79 Å². The molecule has 1 aliphatic rings. The number of carboxylic acids is 1. The minimum atomic E-state index is -1.03. The van der Waals surface area contributed by atoms with Gasteiger partial charge in [0.15, 0.2) is 11.8 Å². The number of benzene rings is 2. The highest BCUT2D eigenvalue weighted by molar-refractivity contribution is 8.18. The van der Waals surface area contributed by atoms with Crippen molar-refractivity contribution < 1.29 is 24.2 Å². The second kappa shape index (κ2) is 9.98. The van der Waals surface area contributed by atoms with Gasteiger partial charge in [-0.15, -0.1) is 0 Å². The van der Waals surface area contributed by atoms with Crippen molar-refractivity contribution in [2.45, 2.75) is 13.3 Å². The van der Waals surface area contributed by atoms with Crippen LogP contribution in [0.5, 0.6) is 11.5 Å². The van der Waals surface area contributed by atoms with Crippen LogP contribution in [0.1, 0.15) is 18.9 Å². The van der Waals surface area contributed by atoms with E-state index in [0.29, 0.717) is 22.4 Å². The van der Waals surface area contributed by atoms with Crippen molar-refractivity contribution in [1.82, 2.24) is 4.90 Å². The van der Waals surface area contributed by atoms with Crippen molar-refractivity contribution in [2.75, 3.05) is 20.3 Å². The van der Waals surface area contributed by atoms with E-state index in [9.17, 15) is 9.59 Å². The lowest BCUT2D eigenvalue weighted by Gasteiger charge is -2.14. The molecule has 1 saturated heterocycles. The number of rotatable bonds is 8. The predicted molar refractivity (Wildman–Crippen MR) is 117 cm³/mol. The fraction of sp³-hybridized carbons (Fsp3) is 0.227. The van der Waals surface area contributed by atoms with E-state index in [-0.39, 0.29) is 5.91 Å². The summed E-state index contributed by atoms with van der Waals surface area (Å²) in [5.41, 5.74) is 1.56. The van der Waals surface area contributed by atoms with E-state index < -0.39 is 12.6 Å². The van der Waals surface area contributed by atoms with Gasteiger partial charge >= 0.3 is 5.97 Å². The van der Waals surface area contributed by atoms with Gasteiger partial charge in [0.05, 0.1) is 17.7 Å².